The highest BCUT2D eigenvalue weighted by Crippen LogP contribution is 2.21. The van der Waals surface area contributed by atoms with Gasteiger partial charge in [0, 0.05) is 37.4 Å². The van der Waals surface area contributed by atoms with E-state index in [9.17, 15) is 18.9 Å². The zero-order valence-electron chi connectivity index (χ0n) is 10.8. The molecule has 1 atom stereocenters. The van der Waals surface area contributed by atoms with Crippen molar-refractivity contribution in [2.24, 2.45) is 0 Å². The van der Waals surface area contributed by atoms with Crippen LogP contribution in [0.1, 0.15) is 18.9 Å². The summed E-state index contributed by atoms with van der Waals surface area (Å²) >= 11 is 0. The number of nitrogens with zero attached hydrogens (tertiary/aromatic N) is 1. The molecule has 1 rings (SSSR count). The second-order valence-electron chi connectivity index (χ2n) is 4.09. The molecule has 0 spiro atoms. The fourth-order valence-corrected chi connectivity index (χ4v) is 1.63. The molecule has 0 aliphatic carbocycles. The number of ether oxygens (including phenoxy) is 1. The number of nitrogens with one attached hydrogen (secondary N) is 1. The van der Waals surface area contributed by atoms with Crippen molar-refractivity contribution in [2.75, 3.05) is 13.7 Å². The van der Waals surface area contributed by atoms with Crippen molar-refractivity contribution in [1.82, 2.24) is 5.32 Å². The Morgan fingerprint density at radius 1 is 1.42 bits per heavy atom. The van der Waals surface area contributed by atoms with Gasteiger partial charge in [0.1, 0.15) is 5.82 Å². The van der Waals surface area contributed by atoms with E-state index in [4.69, 9.17) is 4.74 Å². The first-order valence-electron chi connectivity index (χ1n) is 5.84. The van der Waals surface area contributed by atoms with Crippen molar-refractivity contribution in [3.63, 3.8) is 0 Å². The number of hydrogen-bond acceptors (Lipinski definition) is 4. The number of rotatable bonds is 7. The van der Waals surface area contributed by atoms with E-state index >= 15 is 0 Å². The highest BCUT2D eigenvalue weighted by Gasteiger charge is 2.18. The Morgan fingerprint density at radius 2 is 2.11 bits per heavy atom. The van der Waals surface area contributed by atoms with Crippen LogP contribution in [0.2, 0.25) is 0 Å². The van der Waals surface area contributed by atoms with Crippen LogP contribution in [0, 0.1) is 21.7 Å². The molecule has 0 amide bonds. The smallest absolute Gasteiger partial charge is 0.305 e. The van der Waals surface area contributed by atoms with Crippen molar-refractivity contribution in [2.45, 2.75) is 25.9 Å². The third-order valence-corrected chi connectivity index (χ3v) is 2.75. The van der Waals surface area contributed by atoms with Gasteiger partial charge in [0.2, 0.25) is 5.82 Å². The fraction of sp³-hybridized carbons (Fsp3) is 0.500. The van der Waals surface area contributed by atoms with Gasteiger partial charge < -0.3 is 10.1 Å². The lowest BCUT2D eigenvalue weighted by molar-refractivity contribution is -0.387. The minimum atomic E-state index is -1.17. The van der Waals surface area contributed by atoms with Crippen LogP contribution in [0.3, 0.4) is 0 Å². The molecule has 5 nitrogen and oxygen atoms in total. The summed E-state index contributed by atoms with van der Waals surface area (Å²) in [4.78, 5) is 9.71. The maximum Gasteiger partial charge on any atom is 0.305 e. The van der Waals surface area contributed by atoms with Gasteiger partial charge in [-0.25, -0.2) is 4.39 Å². The summed E-state index contributed by atoms with van der Waals surface area (Å²) in [6, 6.07) is 1.46. The highest BCUT2D eigenvalue weighted by molar-refractivity contribution is 5.37. The summed E-state index contributed by atoms with van der Waals surface area (Å²) in [7, 11) is 1.55. The standard InChI is InChI=1S/C12H16F2N2O3/c1-3-9(7-19-2)15-6-8-4-12(16(17)18)11(14)5-10(8)13/h4-5,9,15H,3,6-7H2,1-2H3. The molecule has 0 aromatic heterocycles. The second-order valence-corrected chi connectivity index (χ2v) is 4.09. The first-order chi connectivity index (χ1) is 8.99. The van der Waals surface area contributed by atoms with E-state index in [1.165, 1.54) is 0 Å². The van der Waals surface area contributed by atoms with Crippen molar-refractivity contribution in [3.8, 4) is 0 Å². The van der Waals surface area contributed by atoms with Gasteiger partial charge in [-0.2, -0.15) is 4.39 Å². The lowest BCUT2D eigenvalue weighted by Crippen LogP contribution is -2.32. The van der Waals surface area contributed by atoms with Gasteiger partial charge in [0.25, 0.3) is 0 Å². The zero-order valence-corrected chi connectivity index (χ0v) is 10.8. The molecule has 7 heteroatoms. The van der Waals surface area contributed by atoms with Crippen LogP contribution in [0.4, 0.5) is 14.5 Å². The zero-order chi connectivity index (χ0) is 14.4. The Kier molecular flexibility index (Phi) is 5.78. The Morgan fingerprint density at radius 3 is 2.63 bits per heavy atom. The predicted molar refractivity (Wildman–Crippen MR) is 65.8 cm³/mol. The molecule has 1 unspecified atom stereocenters. The van der Waals surface area contributed by atoms with Crippen LogP contribution in [0.25, 0.3) is 0 Å². The monoisotopic (exact) mass is 274 g/mol. The predicted octanol–water partition coefficient (Wildman–Crippen LogP) is 2.39. The van der Waals surface area contributed by atoms with E-state index in [0.717, 1.165) is 12.5 Å². The summed E-state index contributed by atoms with van der Waals surface area (Å²) in [5.74, 6) is -1.97. The highest BCUT2D eigenvalue weighted by atomic mass is 19.1. The maximum atomic E-state index is 13.5. The Hall–Kier alpha value is -1.60. The van der Waals surface area contributed by atoms with Crippen LogP contribution in [0.15, 0.2) is 12.1 Å². The van der Waals surface area contributed by atoms with Crippen LogP contribution < -0.4 is 5.32 Å². The third-order valence-electron chi connectivity index (χ3n) is 2.75. The summed E-state index contributed by atoms with van der Waals surface area (Å²) in [5, 5.41) is 13.6. The fourth-order valence-electron chi connectivity index (χ4n) is 1.63. The van der Waals surface area contributed by atoms with Crippen molar-refractivity contribution < 1.29 is 18.4 Å². The number of nitro benzene ring substituents is 1. The van der Waals surface area contributed by atoms with Gasteiger partial charge in [-0.05, 0) is 6.42 Å². The van der Waals surface area contributed by atoms with Crippen LogP contribution >= 0.6 is 0 Å². The van der Waals surface area contributed by atoms with Crippen LogP contribution in [-0.2, 0) is 11.3 Å². The molecule has 106 valence electrons. The molecule has 0 radical (unpaired) electrons. The quantitative estimate of drug-likeness (QED) is 0.612. The molecule has 0 aliphatic heterocycles. The number of hydrogen-bond donors (Lipinski definition) is 1. The summed E-state index contributed by atoms with van der Waals surface area (Å²) in [6.45, 7) is 2.45. The van der Waals surface area contributed by atoms with E-state index < -0.39 is 22.2 Å². The SMILES string of the molecule is CCC(COC)NCc1cc([N+](=O)[O-])c(F)cc1F. The molecular weight excluding hydrogens is 258 g/mol. The topological polar surface area (TPSA) is 64.4 Å². The van der Waals surface area contributed by atoms with Crippen LogP contribution in [-0.4, -0.2) is 24.7 Å². The summed E-state index contributed by atoms with van der Waals surface area (Å²) in [6.07, 6.45) is 0.763. The summed E-state index contributed by atoms with van der Waals surface area (Å²) < 4.78 is 31.6. The van der Waals surface area contributed by atoms with Crippen LogP contribution in [0.5, 0.6) is 0 Å². The Labute approximate surface area is 109 Å². The maximum absolute atomic E-state index is 13.5. The molecule has 0 aliphatic rings. The molecule has 1 N–H and O–H groups in total. The molecule has 1 aromatic carbocycles. The second kappa shape index (κ2) is 7.10. The molecule has 19 heavy (non-hydrogen) atoms. The first kappa shape index (κ1) is 15.5. The lowest BCUT2D eigenvalue weighted by atomic mass is 10.1. The number of methoxy groups -OCH3 is 1. The minimum absolute atomic E-state index is 0.00788. The third kappa shape index (κ3) is 4.22. The van der Waals surface area contributed by atoms with Gasteiger partial charge in [-0.3, -0.25) is 10.1 Å². The van der Waals surface area contributed by atoms with E-state index in [1.54, 1.807) is 7.11 Å². The van der Waals surface area contributed by atoms with Gasteiger partial charge in [-0.1, -0.05) is 6.92 Å². The lowest BCUT2D eigenvalue weighted by Gasteiger charge is -2.16. The molecule has 0 saturated carbocycles. The minimum Gasteiger partial charge on any atom is -0.383 e. The molecule has 0 bridgehead atoms. The molecule has 0 saturated heterocycles. The molecular formula is C12H16F2N2O3. The molecule has 1 aromatic rings. The van der Waals surface area contributed by atoms with Gasteiger partial charge in [0.05, 0.1) is 11.5 Å². The van der Waals surface area contributed by atoms with E-state index in [2.05, 4.69) is 5.32 Å². The van der Waals surface area contributed by atoms with Gasteiger partial charge in [-0.15, -0.1) is 0 Å². The molecule has 0 heterocycles. The Balaban J connectivity index is 2.83. The van der Waals surface area contributed by atoms with Crippen molar-refractivity contribution in [1.29, 1.82) is 0 Å². The largest absolute Gasteiger partial charge is 0.383 e. The Bertz CT molecular complexity index is 455. The van der Waals surface area contributed by atoms with Crippen molar-refractivity contribution >= 4 is 5.69 Å². The van der Waals surface area contributed by atoms with Gasteiger partial charge in [0.15, 0.2) is 0 Å². The molecule has 0 fully saturated rings. The first-order valence-corrected chi connectivity index (χ1v) is 5.84. The van der Waals surface area contributed by atoms with Gasteiger partial charge >= 0.3 is 5.69 Å². The van der Waals surface area contributed by atoms with E-state index in [-0.39, 0.29) is 18.2 Å². The normalized spacial score (nSPS) is 12.4. The average Bonchev–Trinajstić information content (AvgIpc) is 2.35. The number of halogens is 2. The summed E-state index contributed by atoms with van der Waals surface area (Å²) in [5.41, 5.74) is -0.666. The van der Waals surface area contributed by atoms with E-state index in [0.29, 0.717) is 12.7 Å². The number of benzene rings is 1. The average molecular weight is 274 g/mol. The van der Waals surface area contributed by atoms with Crippen molar-refractivity contribution in [3.05, 3.63) is 39.4 Å². The van der Waals surface area contributed by atoms with E-state index in [1.807, 2.05) is 6.92 Å². The number of nitro groups is 1.